The van der Waals surface area contributed by atoms with Gasteiger partial charge in [-0.3, -0.25) is 0 Å². The summed E-state index contributed by atoms with van der Waals surface area (Å²) in [6, 6.07) is 5.57. The Morgan fingerprint density at radius 3 is 2.47 bits per heavy atom. The van der Waals surface area contributed by atoms with Crippen LogP contribution in [-0.4, -0.2) is 55.0 Å². The Labute approximate surface area is 217 Å². The number of pyridine rings is 1. The number of anilines is 2. The average Bonchev–Trinajstić information content (AvgIpc) is 3.27. The Kier molecular flexibility index (Phi) is 6.59. The fourth-order valence-corrected chi connectivity index (χ4v) is 4.55. The van der Waals surface area contributed by atoms with Crippen LogP contribution in [0.1, 0.15) is 25.0 Å². The molecule has 0 spiro atoms. The van der Waals surface area contributed by atoms with E-state index in [0.717, 1.165) is 39.7 Å². The van der Waals surface area contributed by atoms with Crippen LogP contribution in [0.5, 0.6) is 0 Å². The molecule has 1 aromatic carbocycles. The van der Waals surface area contributed by atoms with Crippen LogP contribution in [0.3, 0.4) is 0 Å². The summed E-state index contributed by atoms with van der Waals surface area (Å²) >= 11 is 0. The zero-order valence-electron chi connectivity index (χ0n) is 21.1. The third-order valence-corrected chi connectivity index (χ3v) is 6.70. The van der Waals surface area contributed by atoms with Gasteiger partial charge in [-0.15, -0.1) is 0 Å². The molecular weight excluding hydrogens is 492 g/mol. The number of hydrogen-bond donors (Lipinski definition) is 0. The van der Waals surface area contributed by atoms with Crippen molar-refractivity contribution in [2.75, 3.05) is 29.4 Å². The molecule has 194 valence electrons. The quantitative estimate of drug-likeness (QED) is 0.398. The third-order valence-electron chi connectivity index (χ3n) is 6.70. The van der Waals surface area contributed by atoms with Crippen LogP contribution in [0.4, 0.5) is 20.5 Å². The Balaban J connectivity index is 1.40. The summed E-state index contributed by atoms with van der Waals surface area (Å²) in [5, 5.41) is 13.6. The van der Waals surface area contributed by atoms with Crippen molar-refractivity contribution in [1.82, 2.24) is 29.3 Å². The Hall–Kier alpha value is -4.66. The van der Waals surface area contributed by atoms with Crippen LogP contribution in [0.15, 0.2) is 47.9 Å². The number of piperazine rings is 1. The first-order chi connectivity index (χ1) is 18.3. The lowest BCUT2D eigenvalue weighted by atomic mass is 10.0. The number of hydrogen-bond acceptors (Lipinski definition) is 8. The summed E-state index contributed by atoms with van der Waals surface area (Å²) in [4.78, 5) is 29.7. The van der Waals surface area contributed by atoms with Gasteiger partial charge in [-0.1, -0.05) is 6.92 Å². The second kappa shape index (κ2) is 10.0. The Morgan fingerprint density at radius 2 is 1.84 bits per heavy atom. The molecule has 4 heterocycles. The number of aromatic nitrogens is 6. The minimum absolute atomic E-state index is 0.00471. The minimum atomic E-state index is -0.807. The maximum Gasteiger partial charge on any atom is 0.350 e. The highest BCUT2D eigenvalue weighted by molar-refractivity contribution is 5.70. The fourth-order valence-electron chi connectivity index (χ4n) is 4.55. The van der Waals surface area contributed by atoms with E-state index in [1.165, 1.54) is 19.3 Å². The highest BCUT2D eigenvalue weighted by atomic mass is 19.1. The van der Waals surface area contributed by atoms with E-state index in [1.54, 1.807) is 0 Å². The van der Waals surface area contributed by atoms with Crippen LogP contribution in [-0.2, 0) is 13.5 Å². The van der Waals surface area contributed by atoms with Crippen LogP contribution in [0.25, 0.3) is 16.8 Å². The van der Waals surface area contributed by atoms with Crippen molar-refractivity contribution < 1.29 is 8.78 Å². The van der Waals surface area contributed by atoms with Gasteiger partial charge in [-0.05, 0) is 31.0 Å². The van der Waals surface area contributed by atoms with Gasteiger partial charge in [-0.25, -0.2) is 37.8 Å². The number of nitriles is 1. The van der Waals surface area contributed by atoms with E-state index < -0.39 is 17.3 Å². The average molecular weight is 518 g/mol. The number of benzene rings is 1. The van der Waals surface area contributed by atoms with Crippen LogP contribution < -0.4 is 15.5 Å². The summed E-state index contributed by atoms with van der Waals surface area (Å²) in [6.45, 7) is 5.93. The van der Waals surface area contributed by atoms with Crippen LogP contribution in [0, 0.1) is 23.0 Å². The monoisotopic (exact) mass is 517 g/mol. The molecule has 0 saturated carbocycles. The molecule has 1 aliphatic heterocycles. The standard InChI is InChI=1S/C26H25F2N9O/c1-4-17-11-31-25(32-12-17)35-5-6-36(16(2)14-35)24-18(10-29)7-19(13-30-24)20-8-22(28)23(9-21(20)27)37-15-33-34(3)26(37)38/h7-9,11-13,15-16H,4-6,14H2,1-3H3/t16-/m0/s1. The molecule has 0 amide bonds. The fraction of sp³-hybridized carbons (Fsp3) is 0.308. The molecule has 0 aliphatic carbocycles. The van der Waals surface area contributed by atoms with Crippen molar-refractivity contribution in [3.05, 3.63) is 76.4 Å². The number of aryl methyl sites for hydroxylation is 2. The molecule has 1 saturated heterocycles. The molecule has 5 rings (SSSR count). The molecule has 12 heteroatoms. The molecule has 1 aliphatic rings. The van der Waals surface area contributed by atoms with Crippen molar-refractivity contribution in [2.45, 2.75) is 26.3 Å². The predicted octanol–water partition coefficient (Wildman–Crippen LogP) is 2.85. The van der Waals surface area contributed by atoms with E-state index in [9.17, 15) is 14.4 Å². The summed E-state index contributed by atoms with van der Waals surface area (Å²) in [7, 11) is 1.41. The summed E-state index contributed by atoms with van der Waals surface area (Å²) in [5.74, 6) is -0.429. The number of halogens is 2. The van der Waals surface area contributed by atoms with E-state index in [1.807, 2.05) is 24.2 Å². The summed E-state index contributed by atoms with van der Waals surface area (Å²) in [6.07, 6.45) is 7.08. The van der Waals surface area contributed by atoms with Gasteiger partial charge in [0.15, 0.2) is 0 Å². The molecule has 1 fully saturated rings. The molecule has 3 aromatic heterocycles. The van der Waals surface area contributed by atoms with Crippen molar-refractivity contribution >= 4 is 11.8 Å². The highest BCUT2D eigenvalue weighted by Crippen LogP contribution is 2.31. The minimum Gasteiger partial charge on any atom is -0.349 e. The SMILES string of the molecule is CCc1cnc(N2CCN(c3ncc(-c4cc(F)c(-n5cnn(C)c5=O)cc4F)cc3C#N)[C@@H](C)C2)nc1. The van der Waals surface area contributed by atoms with Crippen molar-refractivity contribution in [3.63, 3.8) is 0 Å². The van der Waals surface area contributed by atoms with Gasteiger partial charge in [0.05, 0.1) is 11.3 Å². The second-order valence-corrected chi connectivity index (χ2v) is 9.13. The first-order valence-corrected chi connectivity index (χ1v) is 12.1. The van der Waals surface area contributed by atoms with Crippen molar-refractivity contribution in [2.24, 2.45) is 7.05 Å². The molecule has 0 N–H and O–H groups in total. The van der Waals surface area contributed by atoms with Gasteiger partial charge >= 0.3 is 5.69 Å². The van der Waals surface area contributed by atoms with Gasteiger partial charge < -0.3 is 9.80 Å². The number of nitrogens with zero attached hydrogens (tertiary/aromatic N) is 9. The van der Waals surface area contributed by atoms with E-state index in [2.05, 4.69) is 37.9 Å². The Morgan fingerprint density at radius 1 is 1.08 bits per heavy atom. The van der Waals surface area contributed by atoms with Crippen molar-refractivity contribution in [1.29, 1.82) is 5.26 Å². The van der Waals surface area contributed by atoms with Gasteiger partial charge in [0.2, 0.25) is 5.95 Å². The van der Waals surface area contributed by atoms with E-state index in [4.69, 9.17) is 0 Å². The lowest BCUT2D eigenvalue weighted by molar-refractivity contribution is 0.538. The Bertz CT molecular complexity index is 1590. The zero-order valence-corrected chi connectivity index (χ0v) is 21.1. The van der Waals surface area contributed by atoms with Gasteiger partial charge in [0, 0.05) is 68.5 Å². The lowest BCUT2D eigenvalue weighted by Crippen LogP contribution is -2.53. The normalized spacial score (nSPS) is 15.5. The van der Waals surface area contributed by atoms with Gasteiger partial charge in [0.25, 0.3) is 0 Å². The van der Waals surface area contributed by atoms with Gasteiger partial charge in [0.1, 0.15) is 29.8 Å². The van der Waals surface area contributed by atoms with E-state index >= 15 is 4.39 Å². The molecule has 1 atom stereocenters. The molecule has 0 bridgehead atoms. The largest absolute Gasteiger partial charge is 0.350 e. The first-order valence-electron chi connectivity index (χ1n) is 12.1. The predicted molar refractivity (Wildman–Crippen MR) is 137 cm³/mol. The zero-order chi connectivity index (χ0) is 27.0. The first kappa shape index (κ1) is 25.0. The molecule has 4 aromatic rings. The summed E-state index contributed by atoms with van der Waals surface area (Å²) in [5.41, 5.74) is 0.646. The maximum atomic E-state index is 15.1. The molecule has 0 unspecified atom stereocenters. The topological polar surface area (TPSA) is 109 Å². The van der Waals surface area contributed by atoms with E-state index in [-0.39, 0.29) is 28.4 Å². The highest BCUT2D eigenvalue weighted by Gasteiger charge is 2.28. The maximum absolute atomic E-state index is 15.1. The van der Waals surface area contributed by atoms with Gasteiger partial charge in [-0.2, -0.15) is 10.4 Å². The second-order valence-electron chi connectivity index (χ2n) is 9.13. The molecule has 0 radical (unpaired) electrons. The van der Waals surface area contributed by atoms with Crippen LogP contribution in [0.2, 0.25) is 0 Å². The van der Waals surface area contributed by atoms with E-state index in [0.29, 0.717) is 31.4 Å². The smallest absolute Gasteiger partial charge is 0.349 e. The molecule has 38 heavy (non-hydrogen) atoms. The molecular formula is C26H25F2N9O. The van der Waals surface area contributed by atoms with Crippen LogP contribution >= 0.6 is 0 Å². The lowest BCUT2D eigenvalue weighted by Gasteiger charge is -2.40. The number of rotatable bonds is 5. The third kappa shape index (κ3) is 4.47. The molecule has 10 nitrogen and oxygen atoms in total. The summed E-state index contributed by atoms with van der Waals surface area (Å²) < 4.78 is 32.0. The van der Waals surface area contributed by atoms with Crippen molar-refractivity contribution in [3.8, 4) is 22.9 Å².